The van der Waals surface area contributed by atoms with Crippen molar-refractivity contribution in [1.82, 2.24) is 4.31 Å². The van der Waals surface area contributed by atoms with E-state index < -0.39 is 16.0 Å². The van der Waals surface area contributed by atoms with Crippen molar-refractivity contribution in [3.05, 3.63) is 0 Å². The Balaban J connectivity index is 4.43. The van der Waals surface area contributed by atoms with Gasteiger partial charge in [0, 0.05) is 6.54 Å². The SMILES string of the molecule is C#CCN(CCC)S(=O)(=O)CCC(=O)OCC. The van der Waals surface area contributed by atoms with E-state index in [-0.39, 0.29) is 25.3 Å². The highest BCUT2D eigenvalue weighted by Gasteiger charge is 2.21. The van der Waals surface area contributed by atoms with Gasteiger partial charge in [0.25, 0.3) is 0 Å². The van der Waals surface area contributed by atoms with Gasteiger partial charge in [-0.05, 0) is 13.3 Å². The fourth-order valence-corrected chi connectivity index (χ4v) is 2.66. The monoisotopic (exact) mass is 261 g/mol. The van der Waals surface area contributed by atoms with Crippen LogP contribution >= 0.6 is 0 Å². The molecule has 0 rings (SSSR count). The van der Waals surface area contributed by atoms with Crippen molar-refractivity contribution in [3.63, 3.8) is 0 Å². The molecule has 0 aromatic heterocycles. The van der Waals surface area contributed by atoms with Crippen LogP contribution in [0, 0.1) is 12.3 Å². The van der Waals surface area contributed by atoms with E-state index in [1.165, 1.54) is 4.31 Å². The first-order chi connectivity index (χ1) is 7.97. The Hall–Kier alpha value is -1.06. The minimum atomic E-state index is -3.47. The van der Waals surface area contributed by atoms with E-state index >= 15 is 0 Å². The Labute approximate surface area is 103 Å². The summed E-state index contributed by atoms with van der Waals surface area (Å²) in [7, 11) is -3.47. The number of esters is 1. The van der Waals surface area contributed by atoms with Gasteiger partial charge in [0.2, 0.25) is 10.0 Å². The van der Waals surface area contributed by atoms with Crippen molar-refractivity contribution in [3.8, 4) is 12.3 Å². The van der Waals surface area contributed by atoms with Crippen LogP contribution in [0.15, 0.2) is 0 Å². The van der Waals surface area contributed by atoms with Crippen LogP contribution in [0.1, 0.15) is 26.7 Å². The second-order valence-corrected chi connectivity index (χ2v) is 5.50. The van der Waals surface area contributed by atoms with Crippen LogP contribution in [-0.4, -0.2) is 44.1 Å². The quantitative estimate of drug-likeness (QED) is 0.474. The molecule has 0 bridgehead atoms. The van der Waals surface area contributed by atoms with E-state index in [0.717, 1.165) is 0 Å². The topological polar surface area (TPSA) is 63.7 Å². The van der Waals surface area contributed by atoms with Crippen molar-refractivity contribution < 1.29 is 17.9 Å². The second-order valence-electron chi connectivity index (χ2n) is 3.41. The number of nitrogens with zero attached hydrogens (tertiary/aromatic N) is 1. The Morgan fingerprint density at radius 1 is 1.41 bits per heavy atom. The van der Waals surface area contributed by atoms with E-state index in [1.807, 2.05) is 6.92 Å². The molecule has 0 aliphatic carbocycles. The van der Waals surface area contributed by atoms with Crippen LogP contribution < -0.4 is 0 Å². The number of rotatable bonds is 8. The first-order valence-corrected chi connectivity index (χ1v) is 7.15. The highest BCUT2D eigenvalue weighted by molar-refractivity contribution is 7.89. The summed E-state index contributed by atoms with van der Waals surface area (Å²) < 4.78 is 29.6. The van der Waals surface area contributed by atoms with Crippen molar-refractivity contribution in [2.24, 2.45) is 0 Å². The van der Waals surface area contributed by atoms with Gasteiger partial charge in [-0.1, -0.05) is 12.8 Å². The van der Waals surface area contributed by atoms with Gasteiger partial charge in [0.05, 0.1) is 25.3 Å². The number of carbonyl (C=O) groups excluding carboxylic acids is 1. The third-order valence-electron chi connectivity index (χ3n) is 2.00. The van der Waals surface area contributed by atoms with E-state index in [9.17, 15) is 13.2 Å². The average molecular weight is 261 g/mol. The Morgan fingerprint density at radius 3 is 2.53 bits per heavy atom. The summed E-state index contributed by atoms with van der Waals surface area (Å²) >= 11 is 0. The lowest BCUT2D eigenvalue weighted by Crippen LogP contribution is -2.34. The predicted molar refractivity (Wildman–Crippen MR) is 65.7 cm³/mol. The molecule has 0 saturated heterocycles. The predicted octanol–water partition coefficient (Wildman–Crippen LogP) is 0.615. The molecular weight excluding hydrogens is 242 g/mol. The fourth-order valence-electron chi connectivity index (χ4n) is 1.24. The average Bonchev–Trinajstić information content (AvgIpc) is 2.27. The van der Waals surface area contributed by atoms with Crippen LogP contribution in [0.25, 0.3) is 0 Å². The molecule has 0 amide bonds. The van der Waals surface area contributed by atoms with Gasteiger partial charge >= 0.3 is 5.97 Å². The standard InChI is InChI=1S/C11H19NO4S/c1-4-8-12(9-5-2)17(14,15)10-7-11(13)16-6-3/h1H,5-10H2,2-3H3. The lowest BCUT2D eigenvalue weighted by molar-refractivity contribution is -0.142. The summed E-state index contributed by atoms with van der Waals surface area (Å²) in [6.07, 6.45) is 5.66. The molecular formula is C11H19NO4S. The van der Waals surface area contributed by atoms with E-state index in [0.29, 0.717) is 13.0 Å². The molecule has 98 valence electrons. The third kappa shape index (κ3) is 6.29. The minimum Gasteiger partial charge on any atom is -0.466 e. The van der Waals surface area contributed by atoms with E-state index in [1.54, 1.807) is 6.92 Å². The van der Waals surface area contributed by atoms with Crippen molar-refractivity contribution in [2.75, 3.05) is 25.4 Å². The summed E-state index contributed by atoms with van der Waals surface area (Å²) in [6, 6.07) is 0. The van der Waals surface area contributed by atoms with Gasteiger partial charge < -0.3 is 4.74 Å². The first kappa shape index (κ1) is 15.9. The van der Waals surface area contributed by atoms with Gasteiger partial charge in [-0.3, -0.25) is 4.79 Å². The lowest BCUT2D eigenvalue weighted by atomic mass is 10.5. The highest BCUT2D eigenvalue weighted by atomic mass is 32.2. The zero-order valence-corrected chi connectivity index (χ0v) is 11.1. The van der Waals surface area contributed by atoms with E-state index in [2.05, 4.69) is 10.7 Å². The van der Waals surface area contributed by atoms with Crippen molar-refractivity contribution in [2.45, 2.75) is 26.7 Å². The molecule has 17 heavy (non-hydrogen) atoms. The maximum Gasteiger partial charge on any atom is 0.306 e. The summed E-state index contributed by atoms with van der Waals surface area (Å²) in [5.74, 6) is 1.54. The van der Waals surface area contributed by atoms with Crippen LogP contribution in [0.4, 0.5) is 0 Å². The Kier molecular flexibility index (Phi) is 7.59. The molecule has 5 nitrogen and oxygen atoms in total. The molecule has 0 heterocycles. The molecule has 0 aliphatic rings. The molecule has 0 aliphatic heterocycles. The first-order valence-electron chi connectivity index (χ1n) is 5.54. The molecule has 0 radical (unpaired) electrons. The minimum absolute atomic E-state index is 0.0407. The third-order valence-corrected chi connectivity index (χ3v) is 3.82. The second kappa shape index (κ2) is 8.09. The molecule has 0 saturated carbocycles. The number of hydrogen-bond acceptors (Lipinski definition) is 4. The highest BCUT2D eigenvalue weighted by Crippen LogP contribution is 2.05. The zero-order chi connectivity index (χ0) is 13.3. The van der Waals surface area contributed by atoms with Crippen LogP contribution in [0.3, 0.4) is 0 Å². The van der Waals surface area contributed by atoms with Gasteiger partial charge in [-0.25, -0.2) is 8.42 Å². The number of carbonyl (C=O) groups is 1. The van der Waals surface area contributed by atoms with Crippen molar-refractivity contribution in [1.29, 1.82) is 0 Å². The smallest absolute Gasteiger partial charge is 0.306 e. The number of sulfonamides is 1. The molecule has 0 unspecified atom stereocenters. The molecule has 0 atom stereocenters. The largest absolute Gasteiger partial charge is 0.466 e. The number of terminal acetylenes is 1. The molecule has 0 N–H and O–H groups in total. The summed E-state index contributed by atoms with van der Waals surface area (Å²) in [4.78, 5) is 11.1. The fraction of sp³-hybridized carbons (Fsp3) is 0.727. The summed E-state index contributed by atoms with van der Waals surface area (Å²) in [6.45, 7) is 4.20. The molecule has 0 aromatic rings. The summed E-state index contributed by atoms with van der Waals surface area (Å²) in [5.41, 5.74) is 0. The maximum absolute atomic E-state index is 11.8. The maximum atomic E-state index is 11.8. The normalized spacial score (nSPS) is 11.2. The van der Waals surface area contributed by atoms with Crippen LogP contribution in [-0.2, 0) is 19.6 Å². The van der Waals surface area contributed by atoms with Crippen molar-refractivity contribution >= 4 is 16.0 Å². The van der Waals surface area contributed by atoms with Gasteiger partial charge in [-0.15, -0.1) is 6.42 Å². The molecule has 0 fully saturated rings. The Bertz CT molecular complexity index is 369. The summed E-state index contributed by atoms with van der Waals surface area (Å²) in [5, 5.41) is 0. The number of ether oxygens (including phenoxy) is 1. The van der Waals surface area contributed by atoms with Crippen LogP contribution in [0.5, 0.6) is 0 Å². The van der Waals surface area contributed by atoms with Gasteiger partial charge in [-0.2, -0.15) is 4.31 Å². The lowest BCUT2D eigenvalue weighted by Gasteiger charge is -2.18. The molecule has 0 spiro atoms. The zero-order valence-electron chi connectivity index (χ0n) is 10.3. The molecule has 0 aromatic carbocycles. The van der Waals surface area contributed by atoms with Crippen LogP contribution in [0.2, 0.25) is 0 Å². The van der Waals surface area contributed by atoms with E-state index in [4.69, 9.17) is 6.42 Å². The number of hydrogen-bond donors (Lipinski definition) is 0. The molecule has 6 heteroatoms. The van der Waals surface area contributed by atoms with Gasteiger partial charge in [0.1, 0.15) is 0 Å². The Morgan fingerprint density at radius 2 is 2.06 bits per heavy atom. The van der Waals surface area contributed by atoms with Gasteiger partial charge in [0.15, 0.2) is 0 Å².